The van der Waals surface area contributed by atoms with Crippen LogP contribution in [0.15, 0.2) is 84.5 Å². The van der Waals surface area contributed by atoms with Crippen LogP contribution in [0.4, 0.5) is 0 Å². The van der Waals surface area contributed by atoms with Gasteiger partial charge in [0.25, 0.3) is 0 Å². The molecule has 0 heterocycles. The highest BCUT2D eigenvalue weighted by Gasteiger charge is 1.93. The van der Waals surface area contributed by atoms with Crippen LogP contribution in [0.3, 0.4) is 0 Å². The zero-order chi connectivity index (χ0) is 15.7. The Balaban J connectivity index is 2.97. The molecule has 0 heteroatoms. The summed E-state index contributed by atoms with van der Waals surface area (Å²) in [5.41, 5.74) is 5.87. The van der Waals surface area contributed by atoms with E-state index in [-0.39, 0.29) is 0 Å². The molecule has 0 amide bonds. The molecule has 0 saturated carbocycles. The molecular weight excluding hydrogens is 252 g/mol. The fourth-order valence-electron chi connectivity index (χ4n) is 1.99. The Morgan fingerprint density at radius 3 is 2.38 bits per heavy atom. The van der Waals surface area contributed by atoms with Gasteiger partial charge in [0.05, 0.1) is 0 Å². The van der Waals surface area contributed by atoms with Crippen molar-refractivity contribution in [3.05, 3.63) is 95.6 Å². The van der Waals surface area contributed by atoms with E-state index in [4.69, 9.17) is 0 Å². The summed E-state index contributed by atoms with van der Waals surface area (Å²) >= 11 is 0. The van der Waals surface area contributed by atoms with Crippen LogP contribution in [0.5, 0.6) is 0 Å². The number of benzene rings is 1. The van der Waals surface area contributed by atoms with Crippen molar-refractivity contribution in [3.63, 3.8) is 0 Å². The van der Waals surface area contributed by atoms with E-state index in [1.165, 1.54) is 16.7 Å². The van der Waals surface area contributed by atoms with Crippen LogP contribution in [-0.4, -0.2) is 0 Å². The molecule has 0 aliphatic carbocycles. The predicted octanol–water partition coefficient (Wildman–Crippen LogP) is 6.37. The Bertz CT molecular complexity index is 619. The minimum Gasteiger partial charge on any atom is -0.0985 e. The molecule has 0 N–H and O–H groups in total. The van der Waals surface area contributed by atoms with Crippen molar-refractivity contribution in [2.24, 2.45) is 0 Å². The second-order valence-electron chi connectivity index (χ2n) is 4.94. The molecule has 0 aliphatic heterocycles. The summed E-state index contributed by atoms with van der Waals surface area (Å²) in [5, 5.41) is 0. The van der Waals surface area contributed by atoms with Crippen LogP contribution in [-0.2, 0) is 0 Å². The quantitative estimate of drug-likeness (QED) is 0.530. The van der Waals surface area contributed by atoms with Crippen molar-refractivity contribution in [3.8, 4) is 0 Å². The van der Waals surface area contributed by atoms with E-state index in [2.05, 4.69) is 63.4 Å². The van der Waals surface area contributed by atoms with Gasteiger partial charge in [-0.05, 0) is 49.1 Å². The van der Waals surface area contributed by atoms with Gasteiger partial charge in [-0.3, -0.25) is 0 Å². The van der Waals surface area contributed by atoms with Crippen molar-refractivity contribution < 1.29 is 0 Å². The standard InChI is InChI=1S/C21H24/c1-6-10-18(5)21(8-3)15-17(4)13-14-20-12-9-11-19(7-2)16-20/h6-16H,2-3H2,1,4-5H3/b10-6-,14-13+,17-15+,21-18+. The van der Waals surface area contributed by atoms with Gasteiger partial charge in [-0.25, -0.2) is 0 Å². The summed E-state index contributed by atoms with van der Waals surface area (Å²) in [4.78, 5) is 0. The Labute approximate surface area is 129 Å². The minimum absolute atomic E-state index is 1.13. The van der Waals surface area contributed by atoms with E-state index in [1.54, 1.807) is 0 Å². The second-order valence-corrected chi connectivity index (χ2v) is 4.94. The largest absolute Gasteiger partial charge is 0.0985 e. The third kappa shape index (κ3) is 5.66. The third-order valence-corrected chi connectivity index (χ3v) is 3.16. The van der Waals surface area contributed by atoms with Gasteiger partial charge < -0.3 is 0 Å². The summed E-state index contributed by atoms with van der Waals surface area (Å²) in [6.45, 7) is 13.9. The lowest BCUT2D eigenvalue weighted by Gasteiger charge is -2.01. The summed E-state index contributed by atoms with van der Waals surface area (Å²) in [6.07, 6.45) is 14.3. The molecule has 0 atom stereocenters. The van der Waals surface area contributed by atoms with E-state index < -0.39 is 0 Å². The van der Waals surface area contributed by atoms with E-state index in [0.29, 0.717) is 0 Å². The first-order chi connectivity index (χ1) is 10.1. The normalized spacial score (nSPS) is 13.6. The van der Waals surface area contributed by atoms with Crippen LogP contribution in [0.25, 0.3) is 12.2 Å². The summed E-state index contributed by atoms with van der Waals surface area (Å²) in [6, 6.07) is 8.30. The average Bonchev–Trinajstić information content (AvgIpc) is 2.51. The zero-order valence-corrected chi connectivity index (χ0v) is 13.3. The molecule has 0 aliphatic rings. The molecule has 0 radical (unpaired) electrons. The molecular formula is C21H24. The highest BCUT2D eigenvalue weighted by Crippen LogP contribution is 2.14. The molecule has 0 aromatic heterocycles. The maximum absolute atomic E-state index is 3.89. The lowest BCUT2D eigenvalue weighted by Crippen LogP contribution is -1.81. The fourth-order valence-corrected chi connectivity index (χ4v) is 1.99. The lowest BCUT2D eigenvalue weighted by atomic mass is 10.0. The summed E-state index contributed by atoms with van der Waals surface area (Å²) in [7, 11) is 0. The van der Waals surface area contributed by atoms with E-state index in [1.807, 2.05) is 37.3 Å². The molecule has 0 saturated heterocycles. The first-order valence-corrected chi connectivity index (χ1v) is 7.15. The Morgan fingerprint density at radius 1 is 1.05 bits per heavy atom. The van der Waals surface area contributed by atoms with E-state index >= 15 is 0 Å². The highest BCUT2D eigenvalue weighted by molar-refractivity contribution is 5.59. The Kier molecular flexibility index (Phi) is 6.97. The van der Waals surface area contributed by atoms with Gasteiger partial charge in [-0.15, -0.1) is 0 Å². The first-order valence-electron chi connectivity index (χ1n) is 7.15. The molecule has 0 nitrogen and oxygen atoms in total. The van der Waals surface area contributed by atoms with Gasteiger partial charge in [0.2, 0.25) is 0 Å². The smallest absolute Gasteiger partial charge is 0.0231 e. The average molecular weight is 276 g/mol. The first kappa shape index (κ1) is 16.7. The fraction of sp³-hybridized carbons (Fsp3) is 0.143. The Morgan fingerprint density at radius 2 is 1.76 bits per heavy atom. The van der Waals surface area contributed by atoms with Crippen LogP contribution in [0.1, 0.15) is 31.9 Å². The molecule has 0 spiro atoms. The van der Waals surface area contributed by atoms with Gasteiger partial charge in [0.1, 0.15) is 0 Å². The molecule has 0 unspecified atom stereocenters. The van der Waals surface area contributed by atoms with Gasteiger partial charge >= 0.3 is 0 Å². The SMILES string of the molecule is C=CC(/C=C(C)/C=C/c1cccc(C=C)c1)=C(C)\C=C/C. The zero-order valence-electron chi connectivity index (χ0n) is 13.3. The molecule has 21 heavy (non-hydrogen) atoms. The van der Waals surface area contributed by atoms with Gasteiger partial charge in [0, 0.05) is 0 Å². The highest BCUT2D eigenvalue weighted by atomic mass is 14.0. The minimum atomic E-state index is 1.13. The number of allylic oxidation sites excluding steroid dienone is 8. The van der Waals surface area contributed by atoms with Crippen molar-refractivity contribution >= 4 is 12.2 Å². The van der Waals surface area contributed by atoms with Crippen molar-refractivity contribution in [2.75, 3.05) is 0 Å². The van der Waals surface area contributed by atoms with Crippen LogP contribution >= 0.6 is 0 Å². The van der Waals surface area contributed by atoms with Crippen LogP contribution in [0.2, 0.25) is 0 Å². The van der Waals surface area contributed by atoms with Gasteiger partial charge in [-0.1, -0.05) is 79.5 Å². The molecule has 0 fully saturated rings. The molecule has 108 valence electrons. The molecule has 0 bridgehead atoms. The molecule has 1 aromatic rings. The molecule has 1 rings (SSSR count). The van der Waals surface area contributed by atoms with Gasteiger partial charge in [0.15, 0.2) is 0 Å². The van der Waals surface area contributed by atoms with Crippen molar-refractivity contribution in [1.82, 2.24) is 0 Å². The topological polar surface area (TPSA) is 0 Å². The maximum atomic E-state index is 3.89. The van der Waals surface area contributed by atoms with Gasteiger partial charge in [-0.2, -0.15) is 0 Å². The molecule has 1 aromatic carbocycles. The number of rotatable bonds is 6. The van der Waals surface area contributed by atoms with Crippen LogP contribution < -0.4 is 0 Å². The Hall–Kier alpha value is -2.34. The van der Waals surface area contributed by atoms with Crippen molar-refractivity contribution in [1.29, 1.82) is 0 Å². The van der Waals surface area contributed by atoms with E-state index in [9.17, 15) is 0 Å². The predicted molar refractivity (Wildman–Crippen MR) is 97.0 cm³/mol. The van der Waals surface area contributed by atoms with E-state index in [0.717, 1.165) is 11.1 Å². The second kappa shape index (κ2) is 8.76. The maximum Gasteiger partial charge on any atom is -0.0231 e. The summed E-state index contributed by atoms with van der Waals surface area (Å²) in [5.74, 6) is 0. The number of hydrogen-bond donors (Lipinski definition) is 0. The monoisotopic (exact) mass is 276 g/mol. The third-order valence-electron chi connectivity index (χ3n) is 3.16. The number of hydrogen-bond acceptors (Lipinski definition) is 0. The summed E-state index contributed by atoms with van der Waals surface area (Å²) < 4.78 is 0. The van der Waals surface area contributed by atoms with Crippen molar-refractivity contribution in [2.45, 2.75) is 20.8 Å². The van der Waals surface area contributed by atoms with Crippen LogP contribution in [0, 0.1) is 0 Å². The lowest BCUT2D eigenvalue weighted by molar-refractivity contribution is 1.41.